The predicted octanol–water partition coefficient (Wildman–Crippen LogP) is 2.48. The summed E-state index contributed by atoms with van der Waals surface area (Å²) in [5, 5.41) is 0. The van der Waals surface area contributed by atoms with Crippen molar-refractivity contribution < 1.29 is 14.3 Å². The van der Waals surface area contributed by atoms with Crippen molar-refractivity contribution in [3.63, 3.8) is 0 Å². The van der Waals surface area contributed by atoms with Crippen LogP contribution in [0.1, 0.15) is 32.6 Å². The van der Waals surface area contributed by atoms with Crippen molar-refractivity contribution in [1.29, 1.82) is 0 Å². The van der Waals surface area contributed by atoms with E-state index in [1.54, 1.807) is 30.5 Å². The van der Waals surface area contributed by atoms with Crippen molar-refractivity contribution in [2.45, 2.75) is 27.2 Å². The minimum Gasteiger partial charge on any atom is -0.496 e. The quantitative estimate of drug-likeness (QED) is 0.900. The molecule has 1 saturated heterocycles. The van der Waals surface area contributed by atoms with Gasteiger partial charge in [0.2, 0.25) is 5.91 Å². The zero-order valence-electron chi connectivity index (χ0n) is 16.5. The topological polar surface area (TPSA) is 65.6 Å². The maximum absolute atomic E-state index is 12.8. The van der Waals surface area contributed by atoms with E-state index >= 15 is 0 Å². The number of hydrogen-bond donors (Lipinski definition) is 1. The first-order valence-electron chi connectivity index (χ1n) is 9.26. The smallest absolute Gasteiger partial charge is 0.255 e. The Kier molecular flexibility index (Phi) is 5.54. The molecule has 1 aromatic carbocycles. The fourth-order valence-electron chi connectivity index (χ4n) is 3.71. The van der Waals surface area contributed by atoms with E-state index in [0.717, 1.165) is 28.0 Å². The first kappa shape index (κ1) is 19.0. The largest absolute Gasteiger partial charge is 0.496 e. The van der Waals surface area contributed by atoms with Crippen LogP contribution in [-0.2, 0) is 11.2 Å². The molecule has 3 rings (SSSR count). The summed E-state index contributed by atoms with van der Waals surface area (Å²) in [6.07, 6.45) is 3.83. The molecule has 2 heterocycles. The molecule has 2 aromatic rings. The second-order valence-electron chi connectivity index (χ2n) is 7.09. The van der Waals surface area contributed by atoms with E-state index in [1.807, 2.05) is 31.7 Å². The number of H-pyrrole nitrogens is 1. The lowest BCUT2D eigenvalue weighted by atomic mass is 9.96. The highest BCUT2D eigenvalue weighted by Gasteiger charge is 2.25. The highest BCUT2D eigenvalue weighted by atomic mass is 16.5. The summed E-state index contributed by atoms with van der Waals surface area (Å²) in [5.41, 5.74) is 4.94. The number of rotatable bonds is 4. The van der Waals surface area contributed by atoms with Crippen LogP contribution in [0.4, 0.5) is 0 Å². The summed E-state index contributed by atoms with van der Waals surface area (Å²) in [6.45, 7) is 8.34. The van der Waals surface area contributed by atoms with Gasteiger partial charge in [-0.15, -0.1) is 0 Å². The molecule has 2 amide bonds. The Hall–Kier alpha value is -2.76. The summed E-state index contributed by atoms with van der Waals surface area (Å²) >= 11 is 0. The molecule has 0 saturated carbocycles. The number of ether oxygens (including phenoxy) is 1. The lowest BCUT2D eigenvalue weighted by Crippen LogP contribution is -2.51. The molecule has 0 radical (unpaired) electrons. The zero-order valence-corrected chi connectivity index (χ0v) is 16.5. The van der Waals surface area contributed by atoms with E-state index in [1.165, 1.54) is 0 Å². The molecule has 1 N–H and O–H groups in total. The number of amides is 2. The Morgan fingerprint density at radius 1 is 1.07 bits per heavy atom. The number of aromatic nitrogens is 1. The van der Waals surface area contributed by atoms with E-state index in [2.05, 4.69) is 4.98 Å². The molecular weight excluding hydrogens is 342 g/mol. The molecule has 1 aliphatic heterocycles. The number of hydrogen-bond acceptors (Lipinski definition) is 3. The molecule has 1 aliphatic rings. The number of piperazine rings is 1. The van der Waals surface area contributed by atoms with Gasteiger partial charge < -0.3 is 19.5 Å². The molecule has 6 heteroatoms. The van der Waals surface area contributed by atoms with Crippen LogP contribution in [0.2, 0.25) is 0 Å². The number of benzene rings is 1. The van der Waals surface area contributed by atoms with Crippen molar-refractivity contribution in [3.05, 3.63) is 52.3 Å². The molecule has 0 aliphatic carbocycles. The van der Waals surface area contributed by atoms with Crippen LogP contribution in [0.5, 0.6) is 5.75 Å². The highest BCUT2D eigenvalue weighted by molar-refractivity contribution is 5.94. The average molecular weight is 369 g/mol. The monoisotopic (exact) mass is 369 g/mol. The van der Waals surface area contributed by atoms with Crippen LogP contribution in [-0.4, -0.2) is 59.9 Å². The van der Waals surface area contributed by atoms with Gasteiger partial charge in [0.15, 0.2) is 0 Å². The fraction of sp³-hybridized carbons (Fsp3) is 0.429. The third-order valence-electron chi connectivity index (χ3n) is 5.44. The van der Waals surface area contributed by atoms with Crippen molar-refractivity contribution in [3.8, 4) is 5.75 Å². The molecule has 144 valence electrons. The molecule has 6 nitrogen and oxygen atoms in total. The zero-order chi connectivity index (χ0) is 19.6. The Morgan fingerprint density at radius 2 is 1.74 bits per heavy atom. The SMILES string of the molecule is COc1c(C)cc(CC(=O)N2CCN(C(=O)c3cc[nH]c3)CC2)c(C)c1C. The number of nitrogens with one attached hydrogen (secondary N) is 1. The van der Waals surface area contributed by atoms with Gasteiger partial charge in [0, 0.05) is 38.6 Å². The number of carbonyl (C=O) groups is 2. The number of nitrogens with zero attached hydrogens (tertiary/aromatic N) is 2. The molecule has 1 fully saturated rings. The standard InChI is InChI=1S/C21H27N3O3/c1-14-11-18(15(2)16(3)20(14)27-4)12-19(25)23-7-9-24(10-8-23)21(26)17-5-6-22-13-17/h5-6,11,13,22H,7-10,12H2,1-4H3. The fourth-order valence-corrected chi connectivity index (χ4v) is 3.71. The van der Waals surface area contributed by atoms with Gasteiger partial charge in [0.1, 0.15) is 5.75 Å². The molecule has 27 heavy (non-hydrogen) atoms. The highest BCUT2D eigenvalue weighted by Crippen LogP contribution is 2.29. The van der Waals surface area contributed by atoms with Crippen molar-refractivity contribution in [1.82, 2.24) is 14.8 Å². The third-order valence-corrected chi connectivity index (χ3v) is 5.44. The van der Waals surface area contributed by atoms with Crippen molar-refractivity contribution in [2.75, 3.05) is 33.3 Å². The van der Waals surface area contributed by atoms with E-state index in [-0.39, 0.29) is 11.8 Å². The molecule has 0 spiro atoms. The number of carbonyl (C=O) groups excluding carboxylic acids is 2. The minimum atomic E-state index is 0.0144. The molecule has 1 aromatic heterocycles. The van der Waals surface area contributed by atoms with Crippen LogP contribution < -0.4 is 4.74 Å². The first-order chi connectivity index (χ1) is 12.9. The second kappa shape index (κ2) is 7.86. The van der Waals surface area contributed by atoms with Crippen LogP contribution in [0, 0.1) is 20.8 Å². The third kappa shape index (κ3) is 3.84. The summed E-state index contributed by atoms with van der Waals surface area (Å²) in [6, 6.07) is 3.82. The maximum Gasteiger partial charge on any atom is 0.255 e. The van der Waals surface area contributed by atoms with Crippen LogP contribution in [0.25, 0.3) is 0 Å². The van der Waals surface area contributed by atoms with Gasteiger partial charge in [-0.25, -0.2) is 0 Å². The molecule has 0 atom stereocenters. The van der Waals surface area contributed by atoms with E-state index in [0.29, 0.717) is 38.2 Å². The Labute approximate surface area is 160 Å². The summed E-state index contributed by atoms with van der Waals surface area (Å²) in [5.74, 6) is 1.01. The lowest BCUT2D eigenvalue weighted by Gasteiger charge is -2.35. The number of aryl methyl sites for hydroxylation is 1. The van der Waals surface area contributed by atoms with Gasteiger partial charge in [-0.05, 0) is 49.1 Å². The molecule has 0 unspecified atom stereocenters. The lowest BCUT2D eigenvalue weighted by molar-refractivity contribution is -0.131. The maximum atomic E-state index is 12.8. The number of aromatic amines is 1. The van der Waals surface area contributed by atoms with Crippen LogP contribution >= 0.6 is 0 Å². The Balaban J connectivity index is 1.63. The summed E-state index contributed by atoms with van der Waals surface area (Å²) < 4.78 is 5.46. The number of methoxy groups -OCH3 is 1. The van der Waals surface area contributed by atoms with Gasteiger partial charge in [-0.2, -0.15) is 0 Å². The Bertz CT molecular complexity index is 835. The van der Waals surface area contributed by atoms with E-state index in [9.17, 15) is 9.59 Å². The van der Waals surface area contributed by atoms with Crippen molar-refractivity contribution >= 4 is 11.8 Å². The van der Waals surface area contributed by atoms with Gasteiger partial charge in [0.05, 0.1) is 19.1 Å². The van der Waals surface area contributed by atoms with Gasteiger partial charge in [-0.1, -0.05) is 6.07 Å². The predicted molar refractivity (Wildman–Crippen MR) is 104 cm³/mol. The average Bonchev–Trinajstić information content (AvgIpc) is 3.20. The van der Waals surface area contributed by atoms with Gasteiger partial charge in [-0.3, -0.25) is 9.59 Å². The van der Waals surface area contributed by atoms with Crippen LogP contribution in [0.3, 0.4) is 0 Å². The molecule has 0 bridgehead atoms. The van der Waals surface area contributed by atoms with Crippen molar-refractivity contribution in [2.24, 2.45) is 0 Å². The summed E-state index contributed by atoms with van der Waals surface area (Å²) in [7, 11) is 1.67. The summed E-state index contributed by atoms with van der Waals surface area (Å²) in [4.78, 5) is 31.8. The first-order valence-corrected chi connectivity index (χ1v) is 9.26. The van der Waals surface area contributed by atoms with E-state index in [4.69, 9.17) is 4.74 Å². The minimum absolute atomic E-state index is 0.0144. The molecular formula is C21H27N3O3. The van der Waals surface area contributed by atoms with Crippen LogP contribution in [0.15, 0.2) is 24.5 Å². The normalized spacial score (nSPS) is 14.4. The Morgan fingerprint density at radius 3 is 2.33 bits per heavy atom. The second-order valence-corrected chi connectivity index (χ2v) is 7.09. The van der Waals surface area contributed by atoms with E-state index < -0.39 is 0 Å². The van der Waals surface area contributed by atoms with Gasteiger partial charge in [0.25, 0.3) is 5.91 Å². The van der Waals surface area contributed by atoms with Gasteiger partial charge >= 0.3 is 0 Å².